The number of anilines is 2. The molecule has 2 aromatic carbocycles. The molecule has 1 heterocycles. The molecule has 3 amide bonds. The predicted molar refractivity (Wildman–Crippen MR) is 114 cm³/mol. The van der Waals surface area contributed by atoms with Gasteiger partial charge >= 0.3 is 0 Å². The summed E-state index contributed by atoms with van der Waals surface area (Å²) in [5.41, 5.74) is 3.47. The van der Waals surface area contributed by atoms with Gasteiger partial charge < -0.3 is 15.5 Å². The maximum absolute atomic E-state index is 12.6. The topological polar surface area (TPSA) is 78.5 Å². The number of carbonyl (C=O) groups is 3. The molecule has 0 spiro atoms. The van der Waals surface area contributed by atoms with Crippen molar-refractivity contribution in [1.29, 1.82) is 0 Å². The summed E-state index contributed by atoms with van der Waals surface area (Å²) in [5.74, 6) is -0.216. The van der Waals surface area contributed by atoms with Crippen molar-refractivity contribution in [2.45, 2.75) is 33.1 Å². The molecule has 2 aromatic rings. The Morgan fingerprint density at radius 2 is 1.62 bits per heavy atom. The molecule has 1 aliphatic heterocycles. The van der Waals surface area contributed by atoms with Crippen LogP contribution in [-0.4, -0.2) is 35.7 Å². The van der Waals surface area contributed by atoms with Crippen molar-refractivity contribution in [2.75, 3.05) is 23.7 Å². The van der Waals surface area contributed by atoms with E-state index in [2.05, 4.69) is 10.6 Å². The van der Waals surface area contributed by atoms with Gasteiger partial charge in [0.25, 0.3) is 0 Å². The SMILES string of the molecule is CC(=O)Nc1cccc(NC(=O)C2CCN(C(=O)Cc3cccc(C)c3)CC2)c1. The zero-order valence-corrected chi connectivity index (χ0v) is 16.9. The lowest BCUT2D eigenvalue weighted by atomic mass is 9.95. The summed E-state index contributed by atoms with van der Waals surface area (Å²) in [6.45, 7) is 4.65. The van der Waals surface area contributed by atoms with Gasteiger partial charge in [0.1, 0.15) is 0 Å². The number of piperidine rings is 1. The van der Waals surface area contributed by atoms with Gasteiger partial charge in [-0.3, -0.25) is 14.4 Å². The first kappa shape index (κ1) is 20.6. The summed E-state index contributed by atoms with van der Waals surface area (Å²) in [7, 11) is 0. The lowest BCUT2D eigenvalue weighted by Gasteiger charge is -2.31. The smallest absolute Gasteiger partial charge is 0.227 e. The van der Waals surface area contributed by atoms with Crippen LogP contribution in [0.1, 0.15) is 30.9 Å². The van der Waals surface area contributed by atoms with Crippen molar-refractivity contribution in [2.24, 2.45) is 5.92 Å². The number of aryl methyl sites for hydroxylation is 1. The van der Waals surface area contributed by atoms with Crippen LogP contribution < -0.4 is 10.6 Å². The highest BCUT2D eigenvalue weighted by Crippen LogP contribution is 2.22. The highest BCUT2D eigenvalue weighted by atomic mass is 16.2. The standard InChI is InChI=1S/C23H27N3O3/c1-16-5-3-6-18(13-16)14-22(28)26-11-9-19(10-12-26)23(29)25-21-8-4-7-20(15-21)24-17(2)27/h3-8,13,15,19H,9-12,14H2,1-2H3,(H,24,27)(H,25,29). The Balaban J connectivity index is 1.50. The lowest BCUT2D eigenvalue weighted by Crippen LogP contribution is -2.42. The van der Waals surface area contributed by atoms with E-state index in [1.54, 1.807) is 24.3 Å². The molecule has 0 bridgehead atoms. The molecule has 1 fully saturated rings. The van der Waals surface area contributed by atoms with E-state index in [0.717, 1.165) is 11.1 Å². The number of carbonyl (C=O) groups excluding carboxylic acids is 3. The van der Waals surface area contributed by atoms with E-state index in [1.807, 2.05) is 36.1 Å². The van der Waals surface area contributed by atoms with Gasteiger partial charge in [-0.1, -0.05) is 35.9 Å². The Hall–Kier alpha value is -3.15. The molecule has 1 saturated heterocycles. The Bertz CT molecular complexity index is 902. The Morgan fingerprint density at radius 3 is 2.28 bits per heavy atom. The van der Waals surface area contributed by atoms with Gasteiger partial charge in [0.05, 0.1) is 6.42 Å². The number of hydrogen-bond acceptors (Lipinski definition) is 3. The van der Waals surface area contributed by atoms with Crippen molar-refractivity contribution in [3.05, 3.63) is 59.7 Å². The van der Waals surface area contributed by atoms with E-state index >= 15 is 0 Å². The van der Waals surface area contributed by atoms with E-state index in [9.17, 15) is 14.4 Å². The summed E-state index contributed by atoms with van der Waals surface area (Å²) >= 11 is 0. The molecule has 6 nitrogen and oxygen atoms in total. The maximum Gasteiger partial charge on any atom is 0.227 e. The molecule has 29 heavy (non-hydrogen) atoms. The summed E-state index contributed by atoms with van der Waals surface area (Å²) in [6, 6.07) is 15.1. The molecule has 2 N–H and O–H groups in total. The largest absolute Gasteiger partial charge is 0.342 e. The third-order valence-electron chi connectivity index (χ3n) is 5.11. The van der Waals surface area contributed by atoms with Crippen LogP contribution in [0, 0.1) is 12.8 Å². The maximum atomic E-state index is 12.6. The zero-order valence-electron chi connectivity index (χ0n) is 16.9. The molecule has 0 aromatic heterocycles. The normalized spacial score (nSPS) is 14.3. The number of nitrogens with zero attached hydrogens (tertiary/aromatic N) is 1. The highest BCUT2D eigenvalue weighted by Gasteiger charge is 2.27. The van der Waals surface area contributed by atoms with Crippen molar-refractivity contribution in [3.63, 3.8) is 0 Å². The van der Waals surface area contributed by atoms with Crippen LogP contribution in [0.4, 0.5) is 11.4 Å². The van der Waals surface area contributed by atoms with Gasteiger partial charge in [-0.2, -0.15) is 0 Å². The highest BCUT2D eigenvalue weighted by molar-refractivity contribution is 5.94. The predicted octanol–water partition coefficient (Wildman–Crippen LogP) is 3.37. The average Bonchev–Trinajstić information content (AvgIpc) is 2.68. The van der Waals surface area contributed by atoms with Crippen LogP contribution >= 0.6 is 0 Å². The van der Waals surface area contributed by atoms with Crippen molar-refractivity contribution in [1.82, 2.24) is 4.90 Å². The van der Waals surface area contributed by atoms with Crippen LogP contribution in [0.15, 0.2) is 48.5 Å². The fourth-order valence-electron chi connectivity index (χ4n) is 3.62. The number of nitrogens with one attached hydrogen (secondary N) is 2. The Kier molecular flexibility index (Phi) is 6.65. The first-order valence-electron chi connectivity index (χ1n) is 9.92. The molecule has 0 saturated carbocycles. The van der Waals surface area contributed by atoms with Crippen LogP contribution in [0.3, 0.4) is 0 Å². The zero-order chi connectivity index (χ0) is 20.8. The third-order valence-corrected chi connectivity index (χ3v) is 5.11. The molecule has 6 heteroatoms. The Labute approximate surface area is 171 Å². The summed E-state index contributed by atoms with van der Waals surface area (Å²) in [5, 5.41) is 5.63. The summed E-state index contributed by atoms with van der Waals surface area (Å²) in [6.07, 6.45) is 1.70. The van der Waals surface area contributed by atoms with Crippen LogP contribution in [0.25, 0.3) is 0 Å². The summed E-state index contributed by atoms with van der Waals surface area (Å²) in [4.78, 5) is 38.2. The fraction of sp³-hybridized carbons (Fsp3) is 0.348. The fourth-order valence-corrected chi connectivity index (χ4v) is 3.62. The quantitative estimate of drug-likeness (QED) is 0.817. The van der Waals surface area contributed by atoms with Gasteiger partial charge in [-0.25, -0.2) is 0 Å². The molecule has 0 aliphatic carbocycles. The molecule has 152 valence electrons. The number of likely N-dealkylation sites (tertiary alicyclic amines) is 1. The molecule has 0 radical (unpaired) electrons. The van der Waals surface area contributed by atoms with Gasteiger partial charge in [0.2, 0.25) is 17.7 Å². The second-order valence-corrected chi connectivity index (χ2v) is 7.57. The molecular formula is C23H27N3O3. The van der Waals surface area contributed by atoms with Crippen LogP contribution in [-0.2, 0) is 20.8 Å². The van der Waals surface area contributed by atoms with Gasteiger partial charge in [-0.05, 0) is 43.5 Å². The van der Waals surface area contributed by atoms with Gasteiger partial charge in [-0.15, -0.1) is 0 Å². The molecule has 0 atom stereocenters. The molecule has 1 aliphatic rings. The average molecular weight is 393 g/mol. The Morgan fingerprint density at radius 1 is 0.966 bits per heavy atom. The van der Waals surface area contributed by atoms with Crippen molar-refractivity contribution < 1.29 is 14.4 Å². The second kappa shape index (κ2) is 9.37. The van der Waals surface area contributed by atoms with Gasteiger partial charge in [0.15, 0.2) is 0 Å². The minimum absolute atomic E-state index is 0.0456. The van der Waals surface area contributed by atoms with Crippen molar-refractivity contribution >= 4 is 29.1 Å². The lowest BCUT2D eigenvalue weighted by molar-refractivity contribution is -0.133. The number of hydrogen-bond donors (Lipinski definition) is 2. The van der Waals surface area contributed by atoms with Crippen LogP contribution in [0.2, 0.25) is 0 Å². The van der Waals surface area contributed by atoms with E-state index in [-0.39, 0.29) is 23.6 Å². The van der Waals surface area contributed by atoms with E-state index < -0.39 is 0 Å². The second-order valence-electron chi connectivity index (χ2n) is 7.57. The minimum atomic E-state index is -0.156. The minimum Gasteiger partial charge on any atom is -0.342 e. The molecular weight excluding hydrogens is 366 g/mol. The monoisotopic (exact) mass is 393 g/mol. The number of amides is 3. The first-order valence-corrected chi connectivity index (χ1v) is 9.92. The van der Waals surface area contributed by atoms with E-state index in [4.69, 9.17) is 0 Å². The molecule has 3 rings (SSSR count). The van der Waals surface area contributed by atoms with Crippen molar-refractivity contribution in [3.8, 4) is 0 Å². The number of benzene rings is 2. The van der Waals surface area contributed by atoms with Gasteiger partial charge in [0, 0.05) is 37.3 Å². The van der Waals surface area contributed by atoms with Crippen LogP contribution in [0.5, 0.6) is 0 Å². The number of rotatable bonds is 5. The third kappa shape index (κ3) is 5.91. The molecule has 0 unspecified atom stereocenters. The first-order chi connectivity index (χ1) is 13.9. The van der Waals surface area contributed by atoms with E-state index in [0.29, 0.717) is 43.7 Å². The summed E-state index contributed by atoms with van der Waals surface area (Å²) < 4.78 is 0. The van der Waals surface area contributed by atoms with E-state index in [1.165, 1.54) is 6.92 Å².